The second kappa shape index (κ2) is 19.8. The Balaban J connectivity index is 1.52. The summed E-state index contributed by atoms with van der Waals surface area (Å²) in [6.07, 6.45) is 4.45. The number of ether oxygens (including phenoxy) is 1. The van der Waals surface area contributed by atoms with E-state index in [1.165, 1.54) is 19.5 Å². The van der Waals surface area contributed by atoms with Gasteiger partial charge in [0.05, 0.1) is 11.6 Å². The first-order valence-corrected chi connectivity index (χ1v) is 18.0. The second-order valence-corrected chi connectivity index (χ2v) is 13.6. The molecule has 0 bridgehead atoms. The van der Waals surface area contributed by atoms with E-state index in [-0.39, 0.29) is 63.5 Å². The highest BCUT2D eigenvalue weighted by Gasteiger charge is 2.40. The van der Waals surface area contributed by atoms with Crippen molar-refractivity contribution >= 4 is 29.6 Å². The van der Waals surface area contributed by atoms with E-state index in [9.17, 15) is 24.3 Å². The SMILES string of the molecule is CCCC[C@@H](NC(=O)[C@@H](Cc1ccccc1)NC(=O)[C@H](N)Cc1ccccc1)C(=O)N[C@H](Cc1cnc(N)nc1)C(=O)N1CCC(N)(C(O)OC)CC1. The number of nitrogens with zero attached hydrogens (tertiary/aromatic N) is 3. The number of amides is 4. The smallest absolute Gasteiger partial charge is 0.245 e. The summed E-state index contributed by atoms with van der Waals surface area (Å²) >= 11 is 0. The molecule has 15 nitrogen and oxygen atoms in total. The van der Waals surface area contributed by atoms with E-state index in [1.807, 2.05) is 67.6 Å². The maximum absolute atomic E-state index is 14.0. The zero-order valence-electron chi connectivity index (χ0n) is 30.4. The summed E-state index contributed by atoms with van der Waals surface area (Å²) in [5, 5.41) is 18.8. The van der Waals surface area contributed by atoms with Crippen LogP contribution in [0.15, 0.2) is 73.1 Å². The number of piperidine rings is 1. The monoisotopic (exact) mass is 731 g/mol. The van der Waals surface area contributed by atoms with Crippen LogP contribution in [0, 0.1) is 0 Å². The van der Waals surface area contributed by atoms with E-state index >= 15 is 0 Å². The van der Waals surface area contributed by atoms with Crippen LogP contribution in [0.1, 0.15) is 55.7 Å². The molecule has 0 saturated carbocycles. The van der Waals surface area contributed by atoms with E-state index in [1.54, 1.807) is 4.90 Å². The van der Waals surface area contributed by atoms with Crippen LogP contribution in [0.25, 0.3) is 0 Å². The van der Waals surface area contributed by atoms with Gasteiger partial charge in [-0.15, -0.1) is 0 Å². The van der Waals surface area contributed by atoms with Gasteiger partial charge in [-0.2, -0.15) is 0 Å². The number of anilines is 1. The van der Waals surface area contributed by atoms with Gasteiger partial charge in [-0.25, -0.2) is 9.97 Å². The second-order valence-electron chi connectivity index (χ2n) is 13.6. The highest BCUT2D eigenvalue weighted by Crippen LogP contribution is 2.24. The standard InChI is InChI=1S/C38H53N9O6/c1-3-4-15-29(44-34(50)30(21-26-13-9-6-10-14-26)45-32(48)28(39)20-25-11-7-5-8-12-25)33(49)46-31(22-27-23-42-37(40)43-24-27)35(51)47-18-16-38(41,17-19-47)36(52)53-2/h5-14,23-24,28-31,36,52H,3-4,15-22,39,41H2,1-2H3,(H,44,50)(H,45,48)(H,46,49)(H2,40,42,43)/t28-,29-,30-,31-,36?/m1/s1. The lowest BCUT2D eigenvalue weighted by Gasteiger charge is -2.42. The molecule has 2 aromatic carbocycles. The van der Waals surface area contributed by atoms with Gasteiger partial charge in [-0.1, -0.05) is 80.4 Å². The molecule has 4 rings (SSSR count). The van der Waals surface area contributed by atoms with Crippen LogP contribution in [0.3, 0.4) is 0 Å². The van der Waals surface area contributed by atoms with Crippen molar-refractivity contribution in [2.24, 2.45) is 11.5 Å². The number of carbonyl (C=O) groups is 4. The number of nitrogens with two attached hydrogens (primary N) is 3. The summed E-state index contributed by atoms with van der Waals surface area (Å²) in [4.78, 5) is 65.0. The van der Waals surface area contributed by atoms with Crippen molar-refractivity contribution in [2.45, 2.75) is 94.3 Å². The average Bonchev–Trinajstić information content (AvgIpc) is 3.17. The number of unbranched alkanes of at least 4 members (excludes halogenated alkanes) is 1. The third kappa shape index (κ3) is 12.0. The highest BCUT2D eigenvalue weighted by molar-refractivity contribution is 5.95. The molecule has 4 amide bonds. The van der Waals surface area contributed by atoms with Gasteiger partial charge >= 0.3 is 0 Å². The fourth-order valence-electron chi connectivity index (χ4n) is 6.27. The molecular weight excluding hydrogens is 678 g/mol. The molecular formula is C38H53N9O6. The van der Waals surface area contributed by atoms with Crippen LogP contribution < -0.4 is 33.2 Å². The summed E-state index contributed by atoms with van der Waals surface area (Å²) < 4.78 is 5.06. The number of likely N-dealkylation sites (tertiary alicyclic amines) is 1. The van der Waals surface area contributed by atoms with Gasteiger partial charge in [0.2, 0.25) is 29.6 Å². The number of methoxy groups -OCH3 is 1. The Bertz CT molecular complexity index is 1620. The first-order chi connectivity index (χ1) is 25.4. The van der Waals surface area contributed by atoms with E-state index in [4.69, 9.17) is 21.9 Å². The molecule has 1 aliphatic rings. The summed E-state index contributed by atoms with van der Waals surface area (Å²) in [5.74, 6) is -1.93. The van der Waals surface area contributed by atoms with E-state index in [0.29, 0.717) is 12.0 Å². The molecule has 1 unspecified atom stereocenters. The molecule has 1 fully saturated rings. The topological polar surface area (TPSA) is 241 Å². The van der Waals surface area contributed by atoms with Gasteiger partial charge in [0.25, 0.3) is 0 Å². The number of carbonyl (C=O) groups excluding carboxylic acids is 4. The predicted octanol–water partition coefficient (Wildman–Crippen LogP) is 0.343. The van der Waals surface area contributed by atoms with Crippen LogP contribution in [0.5, 0.6) is 0 Å². The molecule has 10 N–H and O–H groups in total. The normalized spacial score (nSPS) is 16.7. The maximum atomic E-state index is 14.0. The number of rotatable bonds is 18. The first-order valence-electron chi connectivity index (χ1n) is 18.0. The van der Waals surface area contributed by atoms with Gasteiger partial charge in [0, 0.05) is 45.4 Å². The molecule has 1 aromatic heterocycles. The van der Waals surface area contributed by atoms with Crippen molar-refractivity contribution in [1.29, 1.82) is 0 Å². The fraction of sp³-hybridized carbons (Fsp3) is 0.474. The average molecular weight is 732 g/mol. The maximum Gasteiger partial charge on any atom is 0.245 e. The van der Waals surface area contributed by atoms with E-state index < -0.39 is 53.7 Å². The van der Waals surface area contributed by atoms with Crippen molar-refractivity contribution in [1.82, 2.24) is 30.8 Å². The Morgan fingerprint density at radius 3 is 1.89 bits per heavy atom. The first kappa shape index (κ1) is 40.8. The van der Waals surface area contributed by atoms with Crippen molar-refractivity contribution < 1.29 is 29.0 Å². The number of hydrogen-bond acceptors (Lipinski definition) is 11. The minimum Gasteiger partial charge on any atom is -0.368 e. The molecule has 1 aliphatic heterocycles. The molecule has 2 heterocycles. The molecule has 1 saturated heterocycles. The van der Waals surface area contributed by atoms with Crippen molar-refractivity contribution in [3.05, 3.63) is 89.7 Å². The molecule has 15 heteroatoms. The van der Waals surface area contributed by atoms with Gasteiger partial charge < -0.3 is 47.9 Å². The Morgan fingerprint density at radius 2 is 1.32 bits per heavy atom. The Hall–Kier alpha value is -4.96. The Morgan fingerprint density at radius 1 is 0.811 bits per heavy atom. The number of aliphatic hydroxyl groups is 1. The fourth-order valence-corrected chi connectivity index (χ4v) is 6.27. The van der Waals surface area contributed by atoms with E-state index in [0.717, 1.165) is 17.5 Å². The Kier molecular flexibility index (Phi) is 15.2. The van der Waals surface area contributed by atoms with Gasteiger partial charge in [-0.3, -0.25) is 19.2 Å². The lowest BCUT2D eigenvalue weighted by Crippen LogP contribution is -2.62. The van der Waals surface area contributed by atoms with Crippen molar-refractivity contribution in [3.8, 4) is 0 Å². The van der Waals surface area contributed by atoms with Gasteiger partial charge in [0.15, 0.2) is 6.29 Å². The minimum atomic E-state index is -1.19. The van der Waals surface area contributed by atoms with E-state index in [2.05, 4.69) is 25.9 Å². The molecule has 286 valence electrons. The summed E-state index contributed by atoms with van der Waals surface area (Å²) in [5.41, 5.74) is 19.5. The molecule has 3 aromatic rings. The predicted molar refractivity (Wildman–Crippen MR) is 199 cm³/mol. The summed E-state index contributed by atoms with van der Waals surface area (Å²) in [7, 11) is 1.36. The van der Waals surface area contributed by atoms with Crippen LogP contribution in [-0.4, -0.2) is 99.8 Å². The molecule has 0 radical (unpaired) electrons. The lowest BCUT2D eigenvalue weighted by molar-refractivity contribution is -0.149. The highest BCUT2D eigenvalue weighted by atomic mass is 16.6. The molecule has 0 spiro atoms. The zero-order valence-corrected chi connectivity index (χ0v) is 30.4. The number of nitrogen functional groups attached to an aromatic ring is 1. The zero-order chi connectivity index (χ0) is 38.4. The quantitative estimate of drug-likeness (QED) is 0.0881. The molecule has 0 aliphatic carbocycles. The van der Waals surface area contributed by atoms with Crippen molar-refractivity contribution in [3.63, 3.8) is 0 Å². The van der Waals surface area contributed by atoms with Gasteiger partial charge in [0.1, 0.15) is 18.1 Å². The van der Waals surface area contributed by atoms with Crippen LogP contribution in [0.4, 0.5) is 5.95 Å². The Labute approximate surface area is 310 Å². The third-order valence-corrected chi connectivity index (χ3v) is 9.53. The van der Waals surface area contributed by atoms with Crippen molar-refractivity contribution in [2.75, 3.05) is 25.9 Å². The minimum absolute atomic E-state index is 0.0518. The number of aromatic nitrogens is 2. The lowest BCUT2D eigenvalue weighted by atomic mass is 9.87. The number of nitrogens with one attached hydrogen (secondary N) is 3. The summed E-state index contributed by atoms with van der Waals surface area (Å²) in [6.45, 7) is 2.42. The molecule has 53 heavy (non-hydrogen) atoms. The summed E-state index contributed by atoms with van der Waals surface area (Å²) in [6, 6.07) is 14.5. The largest absolute Gasteiger partial charge is 0.368 e. The van der Waals surface area contributed by atoms with Crippen LogP contribution in [0.2, 0.25) is 0 Å². The number of hydrogen-bond donors (Lipinski definition) is 7. The number of aliphatic hydroxyl groups excluding tert-OH is 1. The van der Waals surface area contributed by atoms with Crippen LogP contribution in [-0.2, 0) is 43.2 Å². The van der Waals surface area contributed by atoms with Gasteiger partial charge in [-0.05, 0) is 42.4 Å². The number of benzene rings is 2. The molecule has 5 atom stereocenters. The third-order valence-electron chi connectivity index (χ3n) is 9.53. The van der Waals surface area contributed by atoms with Crippen LogP contribution >= 0.6 is 0 Å².